The van der Waals surface area contributed by atoms with E-state index < -0.39 is 0 Å². The highest BCUT2D eigenvalue weighted by molar-refractivity contribution is 7.25. The van der Waals surface area contributed by atoms with Crippen molar-refractivity contribution in [2.24, 2.45) is 0 Å². The molecule has 2 nitrogen and oxygen atoms in total. The van der Waals surface area contributed by atoms with Crippen molar-refractivity contribution in [1.29, 1.82) is 0 Å². The van der Waals surface area contributed by atoms with E-state index in [0.29, 0.717) is 0 Å². The van der Waals surface area contributed by atoms with Crippen LogP contribution >= 0.6 is 11.3 Å². The number of thiophene rings is 1. The predicted octanol–water partition coefficient (Wildman–Crippen LogP) is 23.4. The maximum atomic E-state index is 2.70. The summed E-state index contributed by atoms with van der Waals surface area (Å²) in [5, 5.41) is 7.50. The molecule has 0 aliphatic carbocycles. The second kappa shape index (κ2) is 22.2. The topological polar surface area (TPSA) is 6.48 Å². The first-order chi connectivity index (χ1) is 46.3. The molecule has 3 heterocycles. The molecule has 442 valence electrons. The van der Waals surface area contributed by atoms with Gasteiger partial charge in [-0.1, -0.05) is 306 Å². The van der Waals surface area contributed by atoms with Crippen LogP contribution in [0.5, 0.6) is 0 Å². The van der Waals surface area contributed by atoms with Crippen molar-refractivity contribution in [1.82, 2.24) is 0 Å². The van der Waals surface area contributed by atoms with Gasteiger partial charge in [0.15, 0.2) is 0 Å². The van der Waals surface area contributed by atoms with Crippen molar-refractivity contribution in [2.75, 3.05) is 9.80 Å². The number of benzene rings is 15. The molecule has 0 unspecified atom stereocenters. The number of para-hydroxylation sites is 2. The smallest absolute Gasteiger partial charge is 0.252 e. The lowest BCUT2D eigenvalue weighted by molar-refractivity contribution is 0.590. The number of hydrogen-bond donors (Lipinski definition) is 0. The van der Waals surface area contributed by atoms with E-state index in [1.165, 1.54) is 108 Å². The van der Waals surface area contributed by atoms with Crippen LogP contribution in [0.15, 0.2) is 328 Å². The number of fused-ring (bicyclic) bond motifs is 9. The van der Waals surface area contributed by atoms with Gasteiger partial charge in [0.05, 0.1) is 11.4 Å². The number of rotatable bonds is 9. The van der Waals surface area contributed by atoms with Gasteiger partial charge in [-0.3, -0.25) is 0 Å². The first-order valence-corrected chi connectivity index (χ1v) is 33.6. The quantitative estimate of drug-likeness (QED) is 0.105. The Morgan fingerprint density at radius 3 is 1.06 bits per heavy atom. The van der Waals surface area contributed by atoms with Crippen LogP contribution in [-0.4, -0.2) is 6.71 Å². The second-order valence-corrected chi connectivity index (χ2v) is 27.3. The Kier molecular flexibility index (Phi) is 13.1. The summed E-state index contributed by atoms with van der Waals surface area (Å²) in [6, 6.07) is 123. The van der Waals surface area contributed by atoms with E-state index >= 15 is 0 Å². The average molecular weight is 1220 g/mol. The Morgan fingerprint density at radius 1 is 0.266 bits per heavy atom. The summed E-state index contributed by atoms with van der Waals surface area (Å²) in [4.78, 5) is 5.40. The minimum atomic E-state index is -0.290. The van der Waals surface area contributed by atoms with E-state index in [1.54, 1.807) is 0 Å². The van der Waals surface area contributed by atoms with Gasteiger partial charge in [0.1, 0.15) is 0 Å². The maximum Gasteiger partial charge on any atom is 0.252 e. The molecule has 0 atom stereocenters. The zero-order valence-corrected chi connectivity index (χ0v) is 53.4. The Balaban J connectivity index is 0.995. The number of hydrogen-bond acceptors (Lipinski definition) is 3. The third-order valence-corrected chi connectivity index (χ3v) is 20.9. The van der Waals surface area contributed by atoms with Gasteiger partial charge in [0.2, 0.25) is 0 Å². The molecule has 4 heteroatoms. The van der Waals surface area contributed by atoms with Gasteiger partial charge in [-0.15, -0.1) is 11.3 Å². The summed E-state index contributed by atoms with van der Waals surface area (Å²) >= 11 is 1.87. The van der Waals surface area contributed by atoms with Gasteiger partial charge < -0.3 is 9.80 Å². The van der Waals surface area contributed by atoms with Crippen molar-refractivity contribution in [2.45, 2.75) is 26.2 Å². The summed E-state index contributed by atoms with van der Waals surface area (Å²) in [6.45, 7) is 6.97. The maximum absolute atomic E-state index is 2.70. The molecule has 18 rings (SSSR count). The lowest BCUT2D eigenvalue weighted by Crippen LogP contribution is -2.61. The standard InChI is InChI=1S/C90H63BN2S/c1-90(2,3)66-56-81-87-82(57-66)93(89-69(60-31-13-6-14-32-60)44-26-45-70(89)61-33-15-7-16-34-61)80-55-65(86-74-40-21-19-38-72(74)85(62-35-17-8-18-36-62)73-39-20-22-41-75(73)86)48-51-78(80)91(87)77-50-47-64(63-49-52-84-76(53-63)71-37-23-24-46-83(71)94-84)54-79(77)92(81)88-67(58-27-9-4-10-28-58)42-25-43-68(88)59-29-11-5-12-30-59/h4-57H,1-3H3. The van der Waals surface area contributed by atoms with Crippen molar-refractivity contribution < 1.29 is 0 Å². The van der Waals surface area contributed by atoms with Gasteiger partial charge in [-0.05, 0) is 147 Å². The van der Waals surface area contributed by atoms with Crippen LogP contribution in [0.3, 0.4) is 0 Å². The van der Waals surface area contributed by atoms with Crippen LogP contribution < -0.4 is 26.2 Å². The normalized spacial score (nSPS) is 12.6. The van der Waals surface area contributed by atoms with Crippen LogP contribution in [0.4, 0.5) is 34.1 Å². The van der Waals surface area contributed by atoms with Crippen molar-refractivity contribution in [3.8, 4) is 77.9 Å². The highest BCUT2D eigenvalue weighted by Crippen LogP contribution is 2.55. The molecule has 0 saturated heterocycles. The van der Waals surface area contributed by atoms with Gasteiger partial charge in [-0.25, -0.2) is 0 Å². The van der Waals surface area contributed by atoms with Crippen molar-refractivity contribution in [3.63, 3.8) is 0 Å². The summed E-state index contributed by atoms with van der Waals surface area (Å²) in [7, 11) is 0. The van der Waals surface area contributed by atoms with Crippen LogP contribution in [0, 0.1) is 0 Å². The minimum absolute atomic E-state index is 0.190. The van der Waals surface area contributed by atoms with E-state index in [9.17, 15) is 0 Å². The van der Waals surface area contributed by atoms with Crippen molar-refractivity contribution in [3.05, 3.63) is 333 Å². The minimum Gasteiger partial charge on any atom is -0.310 e. The molecule has 15 aromatic carbocycles. The fourth-order valence-corrected chi connectivity index (χ4v) is 16.6. The molecule has 2 aliphatic rings. The molecule has 16 aromatic rings. The molecular formula is C90H63BN2S. The molecule has 0 N–H and O–H groups in total. The molecule has 0 spiro atoms. The third-order valence-electron chi connectivity index (χ3n) is 19.8. The fourth-order valence-electron chi connectivity index (χ4n) is 15.5. The number of anilines is 6. The molecule has 0 bridgehead atoms. The summed E-state index contributed by atoms with van der Waals surface area (Å²) in [5.41, 5.74) is 28.1. The Hall–Kier alpha value is -11.3. The van der Waals surface area contributed by atoms with Crippen LogP contribution in [-0.2, 0) is 5.41 Å². The first-order valence-electron chi connectivity index (χ1n) is 32.8. The van der Waals surface area contributed by atoms with E-state index in [0.717, 1.165) is 67.3 Å². The molecule has 0 amide bonds. The Bertz CT molecular complexity index is 5480. The van der Waals surface area contributed by atoms with Gasteiger partial charge in [-0.2, -0.15) is 0 Å². The van der Waals surface area contributed by atoms with Gasteiger partial charge >= 0.3 is 0 Å². The fraction of sp³-hybridized carbons (Fsp3) is 0.0444. The van der Waals surface area contributed by atoms with Crippen LogP contribution in [0.1, 0.15) is 26.3 Å². The molecule has 0 radical (unpaired) electrons. The third kappa shape index (κ3) is 9.00. The Morgan fingerprint density at radius 2 is 0.617 bits per heavy atom. The molecule has 0 saturated carbocycles. The van der Waals surface area contributed by atoms with E-state index in [4.69, 9.17) is 0 Å². The molecule has 1 aromatic heterocycles. The van der Waals surface area contributed by atoms with Crippen molar-refractivity contribution >= 4 is 110 Å². The lowest BCUT2D eigenvalue weighted by atomic mass is 9.33. The Labute approximate surface area is 553 Å². The highest BCUT2D eigenvalue weighted by atomic mass is 32.1. The number of nitrogens with zero attached hydrogens (tertiary/aromatic N) is 2. The zero-order chi connectivity index (χ0) is 62.6. The summed E-state index contributed by atoms with van der Waals surface area (Å²) in [5.74, 6) is 0. The largest absolute Gasteiger partial charge is 0.310 e. The second-order valence-electron chi connectivity index (χ2n) is 26.2. The molecular weight excluding hydrogens is 1150 g/mol. The highest BCUT2D eigenvalue weighted by Gasteiger charge is 2.46. The average Bonchev–Trinajstić information content (AvgIpc) is 1.20. The van der Waals surface area contributed by atoms with Gasteiger partial charge in [0.25, 0.3) is 6.71 Å². The SMILES string of the molecule is CC(C)(C)c1cc2c3c(c1)N(c1c(-c4ccccc4)cccc1-c1ccccc1)c1cc(-c4c5ccccc5c(-c5ccccc5)c5ccccc45)ccc1B3c1ccc(-c3ccc4sc5ccccc5c4c3)cc1N2c1c(-c2ccccc2)cccc1-c1ccccc1. The molecule has 0 fully saturated rings. The molecule has 94 heavy (non-hydrogen) atoms. The first kappa shape index (κ1) is 55.5. The van der Waals surface area contributed by atoms with Gasteiger partial charge in [0, 0.05) is 65.2 Å². The summed E-state index contributed by atoms with van der Waals surface area (Å²) < 4.78 is 2.60. The van der Waals surface area contributed by atoms with E-state index in [1.807, 2.05) is 11.3 Å². The van der Waals surface area contributed by atoms with E-state index in [2.05, 4.69) is 358 Å². The lowest BCUT2D eigenvalue weighted by Gasteiger charge is -2.46. The zero-order valence-electron chi connectivity index (χ0n) is 52.6. The predicted molar refractivity (Wildman–Crippen MR) is 405 cm³/mol. The van der Waals surface area contributed by atoms with E-state index in [-0.39, 0.29) is 12.1 Å². The van der Waals surface area contributed by atoms with Crippen LogP contribution in [0.2, 0.25) is 0 Å². The summed E-state index contributed by atoms with van der Waals surface area (Å²) in [6.07, 6.45) is 0. The van der Waals surface area contributed by atoms with Crippen LogP contribution in [0.25, 0.3) is 120 Å². The monoisotopic (exact) mass is 1210 g/mol. The molecule has 2 aliphatic heterocycles.